The number of carbonyl (C=O) groups excluding carboxylic acids is 1. The molecule has 0 spiro atoms. The molecule has 146 valence electrons. The smallest absolute Gasteiger partial charge is 0.374 e. The van der Waals surface area contributed by atoms with Crippen molar-refractivity contribution < 1.29 is 22.8 Å². The first-order valence-electron chi connectivity index (χ1n) is 8.65. The van der Waals surface area contributed by atoms with Gasteiger partial charge in [-0.15, -0.1) is 0 Å². The Hall–Kier alpha value is -2.05. The maximum atomic E-state index is 14.1. The number of oxime groups is 1. The van der Waals surface area contributed by atoms with Gasteiger partial charge >= 0.3 is 6.18 Å². The first-order valence-corrected chi connectivity index (χ1v) is 9.41. The van der Waals surface area contributed by atoms with E-state index in [1.165, 1.54) is 18.2 Å². The molecule has 2 aromatic rings. The summed E-state index contributed by atoms with van der Waals surface area (Å²) in [4.78, 5) is 17.2. The van der Waals surface area contributed by atoms with Crippen LogP contribution in [0, 0.1) is 0 Å². The maximum absolute atomic E-state index is 14.1. The molecule has 0 saturated carbocycles. The van der Waals surface area contributed by atoms with Crippen LogP contribution in [-0.4, -0.2) is 17.7 Å². The lowest BCUT2D eigenvalue weighted by Gasteiger charge is -2.30. The van der Waals surface area contributed by atoms with Crippen LogP contribution in [-0.2, 0) is 16.9 Å². The molecule has 0 N–H and O–H groups in total. The molecule has 0 fully saturated rings. The highest BCUT2D eigenvalue weighted by molar-refractivity contribution is 6.34. The van der Waals surface area contributed by atoms with Gasteiger partial charge in [0, 0.05) is 39.6 Å². The lowest BCUT2D eigenvalue weighted by molar-refractivity contribution is -0.275. The predicted octanol–water partition coefficient (Wildman–Crippen LogP) is 6.09. The zero-order chi connectivity index (χ0) is 20.1. The first-order chi connectivity index (χ1) is 13.2. The number of rotatable bonds is 2. The van der Waals surface area contributed by atoms with Gasteiger partial charge in [0.05, 0.1) is 5.71 Å². The van der Waals surface area contributed by atoms with Gasteiger partial charge in [0.2, 0.25) is 0 Å². The fraction of sp³-hybridized carbons (Fsp3) is 0.300. The Morgan fingerprint density at radius 2 is 1.71 bits per heavy atom. The number of hydrogen-bond donors (Lipinski definition) is 0. The molecule has 0 bridgehead atoms. The molecule has 0 radical (unpaired) electrons. The van der Waals surface area contributed by atoms with Crippen molar-refractivity contribution in [3.63, 3.8) is 0 Å². The van der Waals surface area contributed by atoms with Crippen molar-refractivity contribution in [1.82, 2.24) is 0 Å². The number of Topliss-reactive ketones (excluding diaryl/α,β-unsaturated/α-hetero) is 1. The fourth-order valence-electron chi connectivity index (χ4n) is 3.78. The molecule has 1 aliphatic heterocycles. The number of benzene rings is 2. The Bertz CT molecular complexity index is 983. The van der Waals surface area contributed by atoms with E-state index in [1.54, 1.807) is 18.2 Å². The molecule has 0 aromatic heterocycles. The number of ketones is 1. The Morgan fingerprint density at radius 3 is 2.39 bits per heavy atom. The summed E-state index contributed by atoms with van der Waals surface area (Å²) in [6.45, 7) is 0. The molecule has 1 atom stereocenters. The molecular weight excluding hydrogens is 414 g/mol. The van der Waals surface area contributed by atoms with E-state index in [-0.39, 0.29) is 27.1 Å². The van der Waals surface area contributed by atoms with Crippen molar-refractivity contribution in [1.29, 1.82) is 0 Å². The summed E-state index contributed by atoms with van der Waals surface area (Å²) in [6.07, 6.45) is -3.58. The van der Waals surface area contributed by atoms with Crippen LogP contribution >= 0.6 is 23.2 Å². The van der Waals surface area contributed by atoms with Crippen molar-refractivity contribution in [3.05, 3.63) is 68.7 Å². The monoisotopic (exact) mass is 427 g/mol. The summed E-state index contributed by atoms with van der Waals surface area (Å²) in [6, 6.07) is 8.75. The van der Waals surface area contributed by atoms with Gasteiger partial charge in [-0.3, -0.25) is 4.79 Å². The number of alkyl halides is 3. The highest BCUT2D eigenvalue weighted by Gasteiger charge is 2.62. The first kappa shape index (κ1) is 19.3. The number of nitrogens with zero attached hydrogens (tertiary/aromatic N) is 1. The minimum absolute atomic E-state index is 0.00803. The quantitative estimate of drug-likeness (QED) is 0.580. The molecule has 1 aliphatic carbocycles. The van der Waals surface area contributed by atoms with Gasteiger partial charge in [0.15, 0.2) is 5.78 Å². The normalized spacial score (nSPS) is 21.9. The van der Waals surface area contributed by atoms with Crippen LogP contribution in [0.15, 0.2) is 41.6 Å². The van der Waals surface area contributed by atoms with E-state index in [1.807, 2.05) is 0 Å². The average Bonchev–Trinajstić information content (AvgIpc) is 3.07. The highest BCUT2D eigenvalue weighted by atomic mass is 35.5. The fourth-order valence-corrected chi connectivity index (χ4v) is 4.31. The molecule has 0 saturated heterocycles. The van der Waals surface area contributed by atoms with Crippen molar-refractivity contribution in [2.75, 3.05) is 0 Å². The Morgan fingerprint density at radius 1 is 1.04 bits per heavy atom. The minimum atomic E-state index is -4.75. The summed E-state index contributed by atoms with van der Waals surface area (Å²) >= 11 is 11.8. The third-order valence-corrected chi connectivity index (χ3v) is 5.57. The van der Waals surface area contributed by atoms with Gasteiger partial charge in [-0.2, -0.15) is 13.2 Å². The molecule has 1 unspecified atom stereocenters. The average molecular weight is 428 g/mol. The van der Waals surface area contributed by atoms with Crippen LogP contribution in [0.3, 0.4) is 0 Å². The molecule has 2 aromatic carbocycles. The van der Waals surface area contributed by atoms with Crippen molar-refractivity contribution in [2.24, 2.45) is 5.16 Å². The van der Waals surface area contributed by atoms with Gasteiger partial charge in [0.25, 0.3) is 5.60 Å². The zero-order valence-corrected chi connectivity index (χ0v) is 16.0. The van der Waals surface area contributed by atoms with Gasteiger partial charge in [-0.1, -0.05) is 46.6 Å². The summed E-state index contributed by atoms with van der Waals surface area (Å²) in [5.41, 5.74) is -0.954. The van der Waals surface area contributed by atoms with E-state index >= 15 is 0 Å². The van der Waals surface area contributed by atoms with Gasteiger partial charge in [-0.25, -0.2) is 0 Å². The second-order valence-electron chi connectivity index (χ2n) is 6.90. The molecule has 28 heavy (non-hydrogen) atoms. The van der Waals surface area contributed by atoms with E-state index in [0.29, 0.717) is 30.4 Å². The van der Waals surface area contributed by atoms with Gasteiger partial charge in [-0.05, 0) is 36.6 Å². The Kier molecular flexibility index (Phi) is 4.67. The molecule has 0 amide bonds. The predicted molar refractivity (Wildman–Crippen MR) is 100 cm³/mol. The van der Waals surface area contributed by atoms with Crippen LogP contribution in [0.1, 0.15) is 46.3 Å². The topological polar surface area (TPSA) is 38.7 Å². The van der Waals surface area contributed by atoms with E-state index in [2.05, 4.69) is 5.16 Å². The molecule has 4 rings (SSSR count). The van der Waals surface area contributed by atoms with Crippen LogP contribution in [0.4, 0.5) is 13.2 Å². The van der Waals surface area contributed by atoms with E-state index in [4.69, 9.17) is 28.0 Å². The van der Waals surface area contributed by atoms with Crippen molar-refractivity contribution in [3.8, 4) is 0 Å². The maximum Gasteiger partial charge on any atom is 0.435 e. The van der Waals surface area contributed by atoms with Crippen LogP contribution in [0.2, 0.25) is 10.0 Å². The highest BCUT2D eigenvalue weighted by Crippen LogP contribution is 2.50. The molecule has 1 heterocycles. The van der Waals surface area contributed by atoms with Gasteiger partial charge in [0.1, 0.15) is 0 Å². The van der Waals surface area contributed by atoms with Crippen molar-refractivity contribution in [2.45, 2.75) is 37.5 Å². The summed E-state index contributed by atoms with van der Waals surface area (Å²) in [7, 11) is 0. The standard InChI is InChI=1S/C20H14Cl2F3NO2/c21-12-7-11(8-13(22)9-12)19(20(23,24)25)10-17(26-28-19)15-4-1-5-16-14(15)3-2-6-18(16)27/h1,4-5,7-9H,2-3,6,10H2. The Labute approximate surface area is 169 Å². The third kappa shape index (κ3) is 3.08. The van der Waals surface area contributed by atoms with Crippen LogP contribution < -0.4 is 0 Å². The second-order valence-corrected chi connectivity index (χ2v) is 7.77. The lowest BCUT2D eigenvalue weighted by Crippen LogP contribution is -2.42. The summed E-state index contributed by atoms with van der Waals surface area (Å²) in [5, 5.41) is 3.94. The Balaban J connectivity index is 1.79. The molecule has 3 nitrogen and oxygen atoms in total. The zero-order valence-electron chi connectivity index (χ0n) is 14.4. The number of hydrogen-bond acceptors (Lipinski definition) is 3. The van der Waals surface area contributed by atoms with Crippen molar-refractivity contribution >= 4 is 34.7 Å². The minimum Gasteiger partial charge on any atom is -0.374 e. The van der Waals surface area contributed by atoms with E-state index in [0.717, 1.165) is 5.56 Å². The number of fused-ring (bicyclic) bond motifs is 1. The lowest BCUT2D eigenvalue weighted by atomic mass is 9.82. The molecule has 2 aliphatic rings. The third-order valence-electron chi connectivity index (χ3n) is 5.13. The molecule has 8 heteroatoms. The van der Waals surface area contributed by atoms with Crippen LogP contribution in [0.5, 0.6) is 0 Å². The molecular formula is C20H14Cl2F3NO2. The van der Waals surface area contributed by atoms with E-state index < -0.39 is 18.2 Å². The summed E-state index contributed by atoms with van der Waals surface area (Å²) in [5.74, 6) is -0.00803. The summed E-state index contributed by atoms with van der Waals surface area (Å²) < 4.78 is 42.3. The second kappa shape index (κ2) is 6.78. The van der Waals surface area contributed by atoms with E-state index in [9.17, 15) is 18.0 Å². The van der Waals surface area contributed by atoms with Crippen LogP contribution in [0.25, 0.3) is 0 Å². The van der Waals surface area contributed by atoms with Gasteiger partial charge < -0.3 is 4.84 Å². The SMILES string of the molecule is O=C1CCCc2c1cccc2C1=NOC(c2cc(Cl)cc(Cl)c2)(C(F)(F)F)C1. The largest absolute Gasteiger partial charge is 0.435 e. The number of halogens is 5. The number of carbonyl (C=O) groups is 1.